The quantitative estimate of drug-likeness (QED) is 0.720. The number of aromatic amines is 1. The molecule has 1 atom stereocenters. The highest BCUT2D eigenvalue weighted by molar-refractivity contribution is 5.26. The van der Waals surface area contributed by atoms with E-state index >= 15 is 0 Å². The lowest BCUT2D eigenvalue weighted by Crippen LogP contribution is -2.36. The fourth-order valence-electron chi connectivity index (χ4n) is 1.43. The van der Waals surface area contributed by atoms with Gasteiger partial charge in [0.1, 0.15) is 5.82 Å². The van der Waals surface area contributed by atoms with Crippen LogP contribution in [0.3, 0.4) is 0 Å². The Balaban J connectivity index is 3.36. The Morgan fingerprint density at radius 1 is 1.56 bits per heavy atom. The number of hydrogen-bond acceptors (Lipinski definition) is 4. The van der Waals surface area contributed by atoms with Crippen molar-refractivity contribution >= 4 is 0 Å². The summed E-state index contributed by atoms with van der Waals surface area (Å²) in [6.45, 7) is 7.31. The van der Waals surface area contributed by atoms with Gasteiger partial charge in [-0.3, -0.25) is 4.79 Å². The third kappa shape index (κ3) is 2.24. The molecule has 0 radical (unpaired) electrons. The second-order valence-electron chi connectivity index (χ2n) is 4.58. The molecule has 0 aliphatic rings. The summed E-state index contributed by atoms with van der Waals surface area (Å²) in [7, 11) is 0. The van der Waals surface area contributed by atoms with Crippen LogP contribution in [0.25, 0.3) is 0 Å². The Morgan fingerprint density at radius 2 is 2.12 bits per heavy atom. The topological polar surface area (TPSA) is 92.0 Å². The van der Waals surface area contributed by atoms with Crippen molar-refractivity contribution in [3.8, 4) is 5.88 Å². The summed E-state index contributed by atoms with van der Waals surface area (Å²) in [6, 6.07) is 0. The van der Waals surface area contributed by atoms with Gasteiger partial charge in [0.05, 0.1) is 11.1 Å². The van der Waals surface area contributed by atoms with Gasteiger partial charge in [-0.1, -0.05) is 20.8 Å². The summed E-state index contributed by atoms with van der Waals surface area (Å²) in [6.07, 6.45) is 0.621. The minimum atomic E-state index is -0.730. The van der Waals surface area contributed by atoms with Crippen molar-refractivity contribution in [1.82, 2.24) is 9.97 Å². The molecule has 1 aromatic rings. The first kappa shape index (κ1) is 12.7. The Hall–Kier alpha value is -1.36. The van der Waals surface area contributed by atoms with Crippen molar-refractivity contribution in [3.05, 3.63) is 21.7 Å². The largest absolute Gasteiger partial charge is 0.493 e. The second kappa shape index (κ2) is 4.25. The van der Waals surface area contributed by atoms with Crippen molar-refractivity contribution in [2.45, 2.75) is 45.6 Å². The predicted molar refractivity (Wildman–Crippen MR) is 62.4 cm³/mol. The molecule has 0 fully saturated rings. The van der Waals surface area contributed by atoms with E-state index in [1.165, 1.54) is 0 Å². The Bertz CT molecular complexity index is 435. The Labute approximate surface area is 94.7 Å². The summed E-state index contributed by atoms with van der Waals surface area (Å²) in [4.78, 5) is 18.4. The number of aromatic hydroxyl groups is 1. The minimum absolute atomic E-state index is 0.0732. The van der Waals surface area contributed by atoms with Crippen LogP contribution in [0, 0.1) is 0 Å². The number of aromatic nitrogens is 2. The summed E-state index contributed by atoms with van der Waals surface area (Å²) in [5.74, 6) is 0.0248. The molecule has 0 aromatic carbocycles. The maximum atomic E-state index is 11.8. The SMILES string of the molecule is CCC(C)(N)c1nc(O)c(C(C)C)c(=O)[nH]1. The fraction of sp³-hybridized carbons (Fsp3) is 0.636. The maximum absolute atomic E-state index is 11.8. The van der Waals surface area contributed by atoms with Crippen molar-refractivity contribution in [3.63, 3.8) is 0 Å². The zero-order valence-electron chi connectivity index (χ0n) is 10.2. The van der Waals surface area contributed by atoms with Crippen LogP contribution in [-0.2, 0) is 5.54 Å². The van der Waals surface area contributed by atoms with Crippen LogP contribution in [0.15, 0.2) is 4.79 Å². The number of H-pyrrole nitrogens is 1. The predicted octanol–water partition coefficient (Wildman–Crippen LogP) is 1.18. The molecule has 1 aromatic heterocycles. The maximum Gasteiger partial charge on any atom is 0.258 e. The van der Waals surface area contributed by atoms with Gasteiger partial charge in [0.25, 0.3) is 5.56 Å². The van der Waals surface area contributed by atoms with E-state index < -0.39 is 5.54 Å². The number of nitrogens with one attached hydrogen (secondary N) is 1. The van der Waals surface area contributed by atoms with Crippen LogP contribution >= 0.6 is 0 Å². The standard InChI is InChI=1S/C11H19N3O2/c1-5-11(4,12)10-13-8(15)7(6(2)3)9(16)14-10/h6H,5,12H2,1-4H3,(H2,13,14,15,16). The van der Waals surface area contributed by atoms with Crippen LogP contribution < -0.4 is 11.3 Å². The lowest BCUT2D eigenvalue weighted by atomic mass is 9.99. The molecule has 16 heavy (non-hydrogen) atoms. The lowest BCUT2D eigenvalue weighted by molar-refractivity contribution is 0.401. The average Bonchev–Trinajstić information content (AvgIpc) is 2.15. The highest BCUT2D eigenvalue weighted by Crippen LogP contribution is 2.22. The van der Waals surface area contributed by atoms with E-state index in [-0.39, 0.29) is 17.4 Å². The van der Waals surface area contributed by atoms with Crippen molar-refractivity contribution in [2.75, 3.05) is 0 Å². The molecule has 5 heteroatoms. The summed E-state index contributed by atoms with van der Waals surface area (Å²) < 4.78 is 0. The molecule has 5 nitrogen and oxygen atoms in total. The second-order valence-corrected chi connectivity index (χ2v) is 4.58. The van der Waals surface area contributed by atoms with E-state index in [9.17, 15) is 9.90 Å². The van der Waals surface area contributed by atoms with Crippen LogP contribution in [0.1, 0.15) is 51.4 Å². The van der Waals surface area contributed by atoms with Gasteiger partial charge in [0, 0.05) is 0 Å². The van der Waals surface area contributed by atoms with Gasteiger partial charge in [-0.2, -0.15) is 4.98 Å². The molecule has 4 N–H and O–H groups in total. The molecular formula is C11H19N3O2. The summed E-state index contributed by atoms with van der Waals surface area (Å²) in [5, 5.41) is 9.71. The molecule has 0 aliphatic heterocycles. The molecule has 1 unspecified atom stereocenters. The van der Waals surface area contributed by atoms with Crippen molar-refractivity contribution in [2.24, 2.45) is 5.73 Å². The monoisotopic (exact) mass is 225 g/mol. The molecule has 90 valence electrons. The Kier molecular flexibility index (Phi) is 3.38. The molecule has 1 rings (SSSR count). The summed E-state index contributed by atoms with van der Waals surface area (Å²) >= 11 is 0. The molecule has 0 amide bonds. The van der Waals surface area contributed by atoms with Gasteiger partial charge in [-0.25, -0.2) is 0 Å². The molecule has 0 saturated heterocycles. The van der Waals surface area contributed by atoms with Gasteiger partial charge < -0.3 is 15.8 Å². The van der Waals surface area contributed by atoms with E-state index in [1.54, 1.807) is 6.92 Å². The normalized spacial score (nSPS) is 15.1. The summed E-state index contributed by atoms with van der Waals surface area (Å²) in [5.41, 5.74) is 5.21. The van der Waals surface area contributed by atoms with Gasteiger partial charge >= 0.3 is 0 Å². The first-order chi connectivity index (χ1) is 7.29. The number of nitrogens with two attached hydrogens (primary N) is 1. The van der Waals surface area contributed by atoms with Crippen molar-refractivity contribution < 1.29 is 5.11 Å². The zero-order chi connectivity index (χ0) is 12.5. The van der Waals surface area contributed by atoms with Gasteiger partial charge in [-0.05, 0) is 19.3 Å². The lowest BCUT2D eigenvalue weighted by Gasteiger charge is -2.22. The molecule has 0 bridgehead atoms. The third-order valence-electron chi connectivity index (χ3n) is 2.79. The van der Waals surface area contributed by atoms with Crippen LogP contribution in [0.2, 0.25) is 0 Å². The van der Waals surface area contributed by atoms with E-state index in [1.807, 2.05) is 20.8 Å². The zero-order valence-corrected chi connectivity index (χ0v) is 10.2. The number of nitrogens with zero attached hydrogens (tertiary/aromatic N) is 1. The van der Waals surface area contributed by atoms with Crippen LogP contribution in [-0.4, -0.2) is 15.1 Å². The van der Waals surface area contributed by atoms with E-state index in [0.717, 1.165) is 0 Å². The van der Waals surface area contributed by atoms with Crippen LogP contribution in [0.4, 0.5) is 0 Å². The van der Waals surface area contributed by atoms with Gasteiger partial charge in [-0.15, -0.1) is 0 Å². The molecule has 0 saturated carbocycles. The number of hydrogen-bond donors (Lipinski definition) is 3. The van der Waals surface area contributed by atoms with E-state index in [4.69, 9.17) is 5.73 Å². The third-order valence-corrected chi connectivity index (χ3v) is 2.79. The molecular weight excluding hydrogens is 206 g/mol. The fourth-order valence-corrected chi connectivity index (χ4v) is 1.43. The smallest absolute Gasteiger partial charge is 0.258 e. The van der Waals surface area contributed by atoms with Crippen molar-refractivity contribution in [1.29, 1.82) is 0 Å². The highest BCUT2D eigenvalue weighted by atomic mass is 16.3. The Morgan fingerprint density at radius 3 is 2.50 bits per heavy atom. The van der Waals surface area contributed by atoms with Crippen LogP contribution in [0.5, 0.6) is 5.88 Å². The number of rotatable bonds is 3. The minimum Gasteiger partial charge on any atom is -0.493 e. The molecule has 0 spiro atoms. The molecule has 1 heterocycles. The van der Waals surface area contributed by atoms with E-state index in [0.29, 0.717) is 17.8 Å². The first-order valence-electron chi connectivity index (χ1n) is 5.42. The average molecular weight is 225 g/mol. The van der Waals surface area contributed by atoms with E-state index in [2.05, 4.69) is 9.97 Å². The van der Waals surface area contributed by atoms with Gasteiger partial charge in [0.2, 0.25) is 5.88 Å². The molecule has 0 aliphatic carbocycles. The first-order valence-corrected chi connectivity index (χ1v) is 5.42. The highest BCUT2D eigenvalue weighted by Gasteiger charge is 2.24. The van der Waals surface area contributed by atoms with Gasteiger partial charge in [0.15, 0.2) is 0 Å².